The summed E-state index contributed by atoms with van der Waals surface area (Å²) in [6.07, 6.45) is 2.57. The van der Waals surface area contributed by atoms with Crippen LogP contribution in [0.25, 0.3) is 5.65 Å². The Bertz CT molecular complexity index is 1290. The number of hydrogen-bond donors (Lipinski definition) is 1. The first-order valence-electron chi connectivity index (χ1n) is 9.78. The minimum atomic E-state index is -0.185. The highest BCUT2D eigenvalue weighted by atomic mass is 79.9. The first-order valence-corrected chi connectivity index (χ1v) is 10.6. The van der Waals surface area contributed by atoms with Gasteiger partial charge in [-0.25, -0.2) is 9.48 Å². The van der Waals surface area contributed by atoms with Crippen LogP contribution in [0.4, 0.5) is 5.69 Å². The molecule has 150 valence electrons. The molecule has 30 heavy (non-hydrogen) atoms. The van der Waals surface area contributed by atoms with Crippen LogP contribution in [0, 0.1) is 5.92 Å². The lowest BCUT2D eigenvalue weighted by Crippen LogP contribution is -2.21. The molecular formula is C23H19BrN4O2. The molecule has 1 amide bonds. The van der Waals surface area contributed by atoms with Crippen LogP contribution >= 0.6 is 15.9 Å². The number of nitrogens with zero attached hydrogens (tertiary/aromatic N) is 3. The molecule has 0 radical (unpaired) electrons. The van der Waals surface area contributed by atoms with E-state index in [-0.39, 0.29) is 23.4 Å². The quantitative estimate of drug-likeness (QED) is 0.486. The SMILES string of the molecule is O=C(Nc1cccc(Cn2nc3ccccn3c2=O)c1)C1CC1c1ccc(Br)cc1. The average molecular weight is 463 g/mol. The molecule has 7 heteroatoms. The van der Waals surface area contributed by atoms with Gasteiger partial charge in [-0.15, -0.1) is 5.10 Å². The van der Waals surface area contributed by atoms with Crippen molar-refractivity contribution in [2.45, 2.75) is 18.9 Å². The molecule has 5 rings (SSSR count). The number of anilines is 1. The molecule has 1 aliphatic rings. The van der Waals surface area contributed by atoms with Gasteiger partial charge in [0.05, 0.1) is 6.54 Å². The summed E-state index contributed by atoms with van der Waals surface area (Å²) < 4.78 is 3.98. The van der Waals surface area contributed by atoms with E-state index >= 15 is 0 Å². The van der Waals surface area contributed by atoms with Crippen molar-refractivity contribution in [2.24, 2.45) is 5.92 Å². The highest BCUT2D eigenvalue weighted by Crippen LogP contribution is 2.48. The second-order valence-electron chi connectivity index (χ2n) is 7.56. The summed E-state index contributed by atoms with van der Waals surface area (Å²) in [5, 5.41) is 7.38. The lowest BCUT2D eigenvalue weighted by Gasteiger charge is -2.08. The van der Waals surface area contributed by atoms with Crippen LogP contribution in [0.3, 0.4) is 0 Å². The van der Waals surface area contributed by atoms with E-state index in [9.17, 15) is 9.59 Å². The fraction of sp³-hybridized carbons (Fsp3) is 0.174. The van der Waals surface area contributed by atoms with Crippen LogP contribution < -0.4 is 11.0 Å². The number of carbonyl (C=O) groups excluding carboxylic acids is 1. The van der Waals surface area contributed by atoms with Crippen molar-refractivity contribution in [3.63, 3.8) is 0 Å². The molecule has 6 nitrogen and oxygen atoms in total. The molecule has 1 aliphatic carbocycles. The van der Waals surface area contributed by atoms with E-state index in [0.717, 1.165) is 22.1 Å². The van der Waals surface area contributed by atoms with Crippen LogP contribution in [-0.4, -0.2) is 20.1 Å². The predicted molar refractivity (Wildman–Crippen MR) is 119 cm³/mol. The number of fused-ring (bicyclic) bond motifs is 1. The third-order valence-corrected chi connectivity index (χ3v) is 5.97. The lowest BCUT2D eigenvalue weighted by molar-refractivity contribution is -0.117. The first-order chi connectivity index (χ1) is 14.6. The maximum atomic E-state index is 12.7. The summed E-state index contributed by atoms with van der Waals surface area (Å²) in [5.74, 6) is 0.304. The third-order valence-electron chi connectivity index (χ3n) is 5.44. The van der Waals surface area contributed by atoms with E-state index in [1.807, 2.05) is 42.5 Å². The van der Waals surface area contributed by atoms with E-state index in [4.69, 9.17) is 0 Å². The number of benzene rings is 2. The molecule has 1 saturated carbocycles. The summed E-state index contributed by atoms with van der Waals surface area (Å²) in [6, 6.07) is 21.2. The van der Waals surface area contributed by atoms with Gasteiger partial charge < -0.3 is 5.32 Å². The normalized spacial score (nSPS) is 17.8. The average Bonchev–Trinajstić information content (AvgIpc) is 3.49. The molecule has 2 heterocycles. The number of amides is 1. The van der Waals surface area contributed by atoms with Crippen LogP contribution in [0.15, 0.2) is 82.2 Å². The predicted octanol–water partition coefficient (Wildman–Crippen LogP) is 4.05. The van der Waals surface area contributed by atoms with E-state index < -0.39 is 0 Å². The summed E-state index contributed by atoms with van der Waals surface area (Å²) in [4.78, 5) is 25.2. The lowest BCUT2D eigenvalue weighted by atomic mass is 10.1. The maximum absolute atomic E-state index is 12.7. The van der Waals surface area contributed by atoms with Crippen molar-refractivity contribution in [3.8, 4) is 0 Å². The van der Waals surface area contributed by atoms with Gasteiger partial charge in [-0.1, -0.05) is 46.3 Å². The molecule has 0 aliphatic heterocycles. The molecular weight excluding hydrogens is 444 g/mol. The summed E-state index contributed by atoms with van der Waals surface area (Å²) in [6.45, 7) is 0.342. The summed E-state index contributed by atoms with van der Waals surface area (Å²) >= 11 is 3.44. The number of pyridine rings is 1. The van der Waals surface area contributed by atoms with Crippen molar-refractivity contribution >= 4 is 33.2 Å². The Hall–Kier alpha value is -3.19. The van der Waals surface area contributed by atoms with Crippen molar-refractivity contribution in [1.29, 1.82) is 0 Å². The van der Waals surface area contributed by atoms with Gasteiger partial charge in [0, 0.05) is 22.3 Å². The number of hydrogen-bond acceptors (Lipinski definition) is 3. The van der Waals surface area contributed by atoms with Gasteiger partial charge in [0.25, 0.3) is 0 Å². The summed E-state index contributed by atoms with van der Waals surface area (Å²) in [7, 11) is 0. The van der Waals surface area contributed by atoms with Gasteiger partial charge >= 0.3 is 5.69 Å². The molecule has 2 aromatic heterocycles. The van der Waals surface area contributed by atoms with Gasteiger partial charge in [-0.3, -0.25) is 9.20 Å². The number of nitrogens with one attached hydrogen (secondary N) is 1. The minimum absolute atomic E-state index is 0.00380. The Kier molecular flexibility index (Phi) is 4.75. The second-order valence-corrected chi connectivity index (χ2v) is 8.47. The van der Waals surface area contributed by atoms with E-state index in [2.05, 4.69) is 38.5 Å². The van der Waals surface area contributed by atoms with Crippen LogP contribution in [-0.2, 0) is 11.3 Å². The Labute approximate surface area is 181 Å². The highest BCUT2D eigenvalue weighted by molar-refractivity contribution is 9.10. The zero-order valence-electron chi connectivity index (χ0n) is 16.0. The number of rotatable bonds is 5. The van der Waals surface area contributed by atoms with Crippen molar-refractivity contribution in [2.75, 3.05) is 5.32 Å². The standard InChI is InChI=1S/C23H19BrN4O2/c24-17-9-7-16(8-10-17)19-13-20(19)22(29)25-18-5-3-4-15(12-18)14-28-23(30)27-11-2-1-6-21(27)26-28/h1-12,19-20H,13-14H2,(H,25,29). The number of aromatic nitrogens is 3. The third kappa shape index (κ3) is 3.68. The Morgan fingerprint density at radius 1 is 1.10 bits per heavy atom. The van der Waals surface area contributed by atoms with Crippen LogP contribution in [0.2, 0.25) is 0 Å². The molecule has 0 spiro atoms. The molecule has 2 atom stereocenters. The van der Waals surface area contributed by atoms with Gasteiger partial charge in [-0.2, -0.15) is 0 Å². The van der Waals surface area contributed by atoms with Gasteiger partial charge in [-0.05, 0) is 59.9 Å². The number of halogens is 1. The monoisotopic (exact) mass is 462 g/mol. The molecule has 1 N–H and O–H groups in total. The summed E-state index contributed by atoms with van der Waals surface area (Å²) in [5.41, 5.74) is 3.25. The maximum Gasteiger partial charge on any atom is 0.350 e. The number of carbonyl (C=O) groups is 1. The fourth-order valence-electron chi connectivity index (χ4n) is 3.79. The smallest absolute Gasteiger partial charge is 0.326 e. The van der Waals surface area contributed by atoms with E-state index in [1.54, 1.807) is 18.3 Å². The van der Waals surface area contributed by atoms with Crippen LogP contribution in [0.1, 0.15) is 23.5 Å². The molecule has 2 unspecified atom stereocenters. The van der Waals surface area contributed by atoms with Crippen molar-refractivity contribution in [1.82, 2.24) is 14.2 Å². The minimum Gasteiger partial charge on any atom is -0.326 e. The first kappa shape index (κ1) is 18.8. The van der Waals surface area contributed by atoms with Gasteiger partial charge in [0.2, 0.25) is 5.91 Å². The fourth-order valence-corrected chi connectivity index (χ4v) is 4.05. The van der Waals surface area contributed by atoms with Gasteiger partial charge in [0.1, 0.15) is 0 Å². The van der Waals surface area contributed by atoms with Crippen molar-refractivity contribution < 1.29 is 4.79 Å². The second kappa shape index (κ2) is 7.57. The zero-order valence-corrected chi connectivity index (χ0v) is 17.6. The molecule has 1 fully saturated rings. The Morgan fingerprint density at radius 2 is 1.93 bits per heavy atom. The Morgan fingerprint density at radius 3 is 2.73 bits per heavy atom. The van der Waals surface area contributed by atoms with Crippen LogP contribution in [0.5, 0.6) is 0 Å². The molecule has 2 aromatic carbocycles. The Balaban J connectivity index is 1.28. The zero-order chi connectivity index (χ0) is 20.7. The van der Waals surface area contributed by atoms with E-state index in [0.29, 0.717) is 12.2 Å². The molecule has 0 saturated heterocycles. The van der Waals surface area contributed by atoms with Gasteiger partial charge in [0.15, 0.2) is 5.65 Å². The molecule has 0 bridgehead atoms. The van der Waals surface area contributed by atoms with Crippen molar-refractivity contribution in [3.05, 3.63) is 99.0 Å². The molecule has 4 aromatic rings. The van der Waals surface area contributed by atoms with E-state index in [1.165, 1.54) is 14.6 Å². The highest BCUT2D eigenvalue weighted by Gasteiger charge is 2.43. The topological polar surface area (TPSA) is 68.4 Å². The largest absolute Gasteiger partial charge is 0.350 e.